The quantitative estimate of drug-likeness (QED) is 0.353. The molecule has 6 rings (SSSR count). The number of esters is 3. The first-order valence-corrected chi connectivity index (χ1v) is 12.5. The van der Waals surface area contributed by atoms with E-state index in [0.717, 1.165) is 0 Å². The van der Waals surface area contributed by atoms with Crippen LogP contribution in [0.2, 0.25) is 0 Å². The molecule has 0 aromatic heterocycles. The average molecular weight is 521 g/mol. The zero-order chi connectivity index (χ0) is 27.3. The molecule has 3 saturated heterocycles. The summed E-state index contributed by atoms with van der Waals surface area (Å²) in [5.41, 5.74) is 0.449. The SMILES string of the molecule is CC(C)(C)[C@]1(O)C[C@@H]2OC(=O)C[C@@]23C(=O)O[C@@H]2N(c4ccc(N)cc4)C(=O)[C@H](OC(=O)c4ccccc4)[C@]213. The fourth-order valence-corrected chi connectivity index (χ4v) is 7.16. The number of nitrogens with two attached hydrogens (primary N) is 1. The zero-order valence-corrected chi connectivity index (χ0v) is 21.2. The summed E-state index contributed by atoms with van der Waals surface area (Å²) in [6.07, 6.45) is -4.63. The van der Waals surface area contributed by atoms with Crippen molar-refractivity contribution in [2.24, 2.45) is 16.2 Å². The first-order chi connectivity index (χ1) is 17.9. The molecule has 4 aliphatic rings. The van der Waals surface area contributed by atoms with Gasteiger partial charge in [-0.2, -0.15) is 0 Å². The van der Waals surface area contributed by atoms with Gasteiger partial charge in [0.1, 0.15) is 16.9 Å². The van der Waals surface area contributed by atoms with E-state index in [9.17, 15) is 24.3 Å². The topological polar surface area (TPSA) is 145 Å². The van der Waals surface area contributed by atoms with Crippen LogP contribution >= 0.6 is 0 Å². The Hall–Kier alpha value is -3.92. The lowest BCUT2D eigenvalue weighted by Gasteiger charge is -2.51. The summed E-state index contributed by atoms with van der Waals surface area (Å²) in [6, 6.07) is 14.4. The number of nitrogens with zero attached hydrogens (tertiary/aromatic N) is 1. The Morgan fingerprint density at radius 2 is 1.71 bits per heavy atom. The summed E-state index contributed by atoms with van der Waals surface area (Å²) >= 11 is 0. The summed E-state index contributed by atoms with van der Waals surface area (Å²) in [4.78, 5) is 55.4. The largest absolute Gasteiger partial charge is 0.461 e. The van der Waals surface area contributed by atoms with Gasteiger partial charge >= 0.3 is 17.9 Å². The molecule has 6 atom stereocenters. The molecule has 3 heterocycles. The van der Waals surface area contributed by atoms with E-state index >= 15 is 0 Å². The van der Waals surface area contributed by atoms with Crippen LogP contribution in [0.5, 0.6) is 0 Å². The van der Waals surface area contributed by atoms with Gasteiger partial charge in [0.2, 0.25) is 0 Å². The Morgan fingerprint density at radius 3 is 2.34 bits per heavy atom. The Kier molecular flexibility index (Phi) is 4.86. The van der Waals surface area contributed by atoms with Crippen LogP contribution in [0.1, 0.15) is 44.0 Å². The molecule has 10 nitrogen and oxygen atoms in total. The van der Waals surface area contributed by atoms with Gasteiger partial charge in [0.15, 0.2) is 12.3 Å². The number of nitrogen functional groups attached to an aromatic ring is 1. The Morgan fingerprint density at radius 1 is 1.05 bits per heavy atom. The minimum Gasteiger partial charge on any atom is -0.461 e. The third-order valence-corrected chi connectivity index (χ3v) is 8.88. The summed E-state index contributed by atoms with van der Waals surface area (Å²) < 4.78 is 17.5. The molecule has 1 aliphatic carbocycles. The molecule has 198 valence electrons. The molecule has 0 unspecified atom stereocenters. The summed E-state index contributed by atoms with van der Waals surface area (Å²) in [7, 11) is 0. The number of ether oxygens (including phenoxy) is 3. The lowest BCUT2D eigenvalue weighted by molar-refractivity contribution is -0.204. The van der Waals surface area contributed by atoms with Gasteiger partial charge in [-0.25, -0.2) is 4.79 Å². The van der Waals surface area contributed by atoms with Crippen molar-refractivity contribution in [3.8, 4) is 0 Å². The van der Waals surface area contributed by atoms with Crippen molar-refractivity contribution in [2.75, 3.05) is 10.6 Å². The van der Waals surface area contributed by atoms with E-state index in [-0.39, 0.29) is 12.0 Å². The van der Waals surface area contributed by atoms with Gasteiger partial charge in [-0.05, 0) is 41.8 Å². The van der Waals surface area contributed by atoms with E-state index in [1.165, 1.54) is 17.0 Å². The Bertz CT molecular complexity index is 1370. The molecule has 2 aromatic carbocycles. The monoisotopic (exact) mass is 520 g/mol. The van der Waals surface area contributed by atoms with Crippen molar-refractivity contribution in [1.29, 1.82) is 0 Å². The minimum absolute atomic E-state index is 0.129. The molecular weight excluding hydrogens is 492 g/mol. The highest BCUT2D eigenvalue weighted by Gasteiger charge is 2.93. The maximum atomic E-state index is 14.3. The lowest BCUT2D eigenvalue weighted by atomic mass is 9.52. The maximum absolute atomic E-state index is 14.3. The van der Waals surface area contributed by atoms with Gasteiger partial charge in [-0.1, -0.05) is 39.0 Å². The molecule has 10 heteroatoms. The second-order valence-corrected chi connectivity index (χ2v) is 11.5. The van der Waals surface area contributed by atoms with E-state index in [4.69, 9.17) is 19.9 Å². The highest BCUT2D eigenvalue weighted by molar-refractivity contribution is 6.07. The van der Waals surface area contributed by atoms with Crippen LogP contribution in [-0.2, 0) is 28.6 Å². The number of benzene rings is 2. The zero-order valence-electron chi connectivity index (χ0n) is 21.2. The Balaban J connectivity index is 1.62. The molecule has 2 aromatic rings. The highest BCUT2D eigenvalue weighted by Crippen LogP contribution is 2.76. The molecule has 2 spiro atoms. The van der Waals surface area contributed by atoms with Crippen LogP contribution in [0.4, 0.5) is 11.4 Å². The minimum atomic E-state index is -1.85. The van der Waals surface area contributed by atoms with Gasteiger partial charge in [-0.3, -0.25) is 19.3 Å². The Labute approximate surface area is 218 Å². The third-order valence-electron chi connectivity index (χ3n) is 8.88. The molecule has 38 heavy (non-hydrogen) atoms. The number of hydrogen-bond donors (Lipinski definition) is 2. The van der Waals surface area contributed by atoms with Crippen LogP contribution < -0.4 is 10.6 Å². The number of amides is 1. The molecule has 1 saturated carbocycles. The van der Waals surface area contributed by atoms with Crippen LogP contribution in [-0.4, -0.2) is 53.0 Å². The van der Waals surface area contributed by atoms with Gasteiger partial charge < -0.3 is 25.1 Å². The first kappa shape index (κ1) is 24.4. The summed E-state index contributed by atoms with van der Waals surface area (Å²) in [6.45, 7) is 5.31. The molecule has 3 aliphatic heterocycles. The van der Waals surface area contributed by atoms with Crippen LogP contribution in [0.15, 0.2) is 54.6 Å². The second kappa shape index (κ2) is 7.57. The van der Waals surface area contributed by atoms with E-state index in [1.54, 1.807) is 63.2 Å². The maximum Gasteiger partial charge on any atom is 0.338 e. The average Bonchev–Trinajstić information content (AvgIpc) is 3.47. The number of aliphatic hydroxyl groups is 1. The molecule has 4 fully saturated rings. The highest BCUT2D eigenvalue weighted by atomic mass is 16.6. The van der Waals surface area contributed by atoms with E-state index < -0.39 is 70.5 Å². The second-order valence-electron chi connectivity index (χ2n) is 11.5. The van der Waals surface area contributed by atoms with Gasteiger partial charge in [0.25, 0.3) is 5.91 Å². The van der Waals surface area contributed by atoms with Crippen LogP contribution in [0, 0.1) is 16.2 Å². The number of carbonyl (C=O) groups excluding carboxylic acids is 4. The van der Waals surface area contributed by atoms with Crippen molar-refractivity contribution >= 4 is 35.2 Å². The van der Waals surface area contributed by atoms with Gasteiger partial charge in [0, 0.05) is 17.8 Å². The van der Waals surface area contributed by atoms with Crippen molar-refractivity contribution in [3.63, 3.8) is 0 Å². The first-order valence-electron chi connectivity index (χ1n) is 12.5. The molecule has 0 bridgehead atoms. The smallest absolute Gasteiger partial charge is 0.338 e. The molecule has 3 N–H and O–H groups in total. The number of rotatable bonds is 3. The van der Waals surface area contributed by atoms with Gasteiger partial charge in [-0.15, -0.1) is 0 Å². The number of hydrogen-bond acceptors (Lipinski definition) is 9. The molecule has 1 amide bonds. The van der Waals surface area contributed by atoms with Gasteiger partial charge in [0.05, 0.1) is 17.6 Å². The van der Waals surface area contributed by atoms with E-state index in [2.05, 4.69) is 0 Å². The van der Waals surface area contributed by atoms with E-state index in [0.29, 0.717) is 11.4 Å². The predicted molar refractivity (Wildman–Crippen MR) is 132 cm³/mol. The number of anilines is 2. The van der Waals surface area contributed by atoms with Crippen molar-refractivity contribution in [3.05, 3.63) is 60.2 Å². The van der Waals surface area contributed by atoms with Crippen LogP contribution in [0.25, 0.3) is 0 Å². The fraction of sp³-hybridized carbons (Fsp3) is 0.429. The lowest BCUT2D eigenvalue weighted by Crippen LogP contribution is -2.66. The molecular formula is C28H28N2O8. The standard InChI is InChI=1S/C28H28N2O8/c1-25(2,3)27(35)13-18-26(14-19(31)36-18)24(34)38-23-28(26,27)20(37-22(33)15-7-5-4-6-8-15)21(32)30(23)17-11-9-16(29)10-12-17/h4-12,18,20,23,35H,13-14,29H2,1-3H3/t18-,20-,23-,26-,27+,28+/m0/s1. The summed E-state index contributed by atoms with van der Waals surface area (Å²) in [5.74, 6) is -2.91. The van der Waals surface area contributed by atoms with Crippen molar-refractivity contribution in [1.82, 2.24) is 0 Å². The normalized spacial score (nSPS) is 35.4. The van der Waals surface area contributed by atoms with Crippen molar-refractivity contribution in [2.45, 2.75) is 57.6 Å². The van der Waals surface area contributed by atoms with E-state index in [1.807, 2.05) is 0 Å². The van der Waals surface area contributed by atoms with Crippen molar-refractivity contribution < 1.29 is 38.5 Å². The van der Waals surface area contributed by atoms with Crippen LogP contribution in [0.3, 0.4) is 0 Å². The third kappa shape index (κ3) is 2.70. The summed E-state index contributed by atoms with van der Waals surface area (Å²) in [5, 5.41) is 12.6. The fourth-order valence-electron chi connectivity index (χ4n) is 7.16. The number of carbonyl (C=O) groups is 4. The molecule has 0 radical (unpaired) electrons. The predicted octanol–water partition coefficient (Wildman–Crippen LogP) is 2.19.